The van der Waals surface area contributed by atoms with E-state index in [1.807, 2.05) is 0 Å². The minimum atomic E-state index is -1.98. The monoisotopic (exact) mass is 505 g/mol. The molecule has 13 heteroatoms. The number of carboxylic acids is 1. The topological polar surface area (TPSA) is 170 Å². The second kappa shape index (κ2) is 10.2. The number of para-hydroxylation sites is 1. The van der Waals surface area contributed by atoms with Gasteiger partial charge in [-0.25, -0.2) is 14.5 Å². The molecular weight excluding hydrogens is 474 g/mol. The van der Waals surface area contributed by atoms with Gasteiger partial charge in [0, 0.05) is 7.05 Å². The molecule has 1 aromatic rings. The van der Waals surface area contributed by atoms with Crippen LogP contribution in [0.1, 0.15) is 51.9 Å². The number of anilines is 1. The lowest BCUT2D eigenvalue weighted by Gasteiger charge is -2.37. The number of nitrogens with one attached hydrogen (secondary N) is 2. The molecule has 1 aliphatic rings. The van der Waals surface area contributed by atoms with Crippen molar-refractivity contribution < 1.29 is 38.6 Å². The highest BCUT2D eigenvalue weighted by atomic mass is 16.6. The number of fused-ring (bicyclic) bond motifs is 1. The Morgan fingerprint density at radius 3 is 2.14 bits per heavy atom. The van der Waals surface area contributed by atoms with Gasteiger partial charge in [-0.1, -0.05) is 12.1 Å². The number of benzene rings is 1. The molecule has 4 amide bonds. The van der Waals surface area contributed by atoms with Crippen LogP contribution in [0.3, 0.4) is 0 Å². The van der Waals surface area contributed by atoms with Gasteiger partial charge in [0.25, 0.3) is 11.8 Å². The molecule has 0 radical (unpaired) electrons. The zero-order chi connectivity index (χ0) is 27.6. The third-order valence-electron chi connectivity index (χ3n) is 4.60. The lowest BCUT2D eigenvalue weighted by molar-refractivity contribution is -0.140. The maximum atomic E-state index is 13.6. The molecule has 13 nitrogen and oxygen atoms in total. The number of guanidine groups is 1. The summed E-state index contributed by atoms with van der Waals surface area (Å²) in [5, 5.41) is 20.0. The Balaban J connectivity index is 2.66. The molecule has 196 valence electrons. The van der Waals surface area contributed by atoms with Crippen LogP contribution in [0.5, 0.6) is 0 Å². The summed E-state index contributed by atoms with van der Waals surface area (Å²) in [7, 11) is 1.34. The van der Waals surface area contributed by atoms with Crippen molar-refractivity contribution >= 4 is 41.6 Å². The summed E-state index contributed by atoms with van der Waals surface area (Å²) in [4.78, 5) is 66.5. The van der Waals surface area contributed by atoms with Gasteiger partial charge in [-0.3, -0.25) is 30.0 Å². The van der Waals surface area contributed by atoms with Crippen LogP contribution in [0.2, 0.25) is 0 Å². The summed E-state index contributed by atoms with van der Waals surface area (Å²) in [5.41, 5.74) is -1.88. The van der Waals surface area contributed by atoms with E-state index in [9.17, 15) is 29.1 Å². The van der Waals surface area contributed by atoms with Gasteiger partial charge in [-0.05, 0) is 53.7 Å². The zero-order valence-corrected chi connectivity index (χ0v) is 21.2. The van der Waals surface area contributed by atoms with E-state index in [0.717, 1.165) is 4.90 Å². The highest BCUT2D eigenvalue weighted by molar-refractivity contribution is 6.14. The van der Waals surface area contributed by atoms with Crippen LogP contribution in [0, 0.1) is 5.41 Å². The van der Waals surface area contributed by atoms with E-state index in [0.29, 0.717) is 9.80 Å². The SMILES string of the molecule is CN1C(=O)C(N(C(=N)NC(=O)OC(C)(C)C)C(=O)OC(C)(C)C)N(CC(=O)O)C(=O)c2ccccc21. The Hall–Kier alpha value is -4.16. The first-order valence-electron chi connectivity index (χ1n) is 10.9. The van der Waals surface area contributed by atoms with Gasteiger partial charge in [0.1, 0.15) is 17.7 Å². The number of hydrogen-bond acceptors (Lipinski definition) is 8. The summed E-state index contributed by atoms with van der Waals surface area (Å²) in [6, 6.07) is 6.00. The molecule has 1 unspecified atom stereocenters. The average Bonchev–Trinajstić information content (AvgIpc) is 2.77. The fourth-order valence-electron chi connectivity index (χ4n) is 3.28. The number of alkyl carbamates (subject to hydrolysis) is 1. The first-order chi connectivity index (χ1) is 16.4. The molecule has 0 aromatic heterocycles. The summed E-state index contributed by atoms with van der Waals surface area (Å²) in [6.45, 7) is 8.35. The van der Waals surface area contributed by atoms with Crippen LogP contribution in [-0.4, -0.2) is 81.8 Å². The molecule has 1 atom stereocenters. The molecule has 1 aliphatic heterocycles. The fraction of sp³-hybridized carbons (Fsp3) is 0.478. The number of nitrogens with zero attached hydrogens (tertiary/aromatic N) is 3. The van der Waals surface area contributed by atoms with E-state index in [1.54, 1.807) is 26.8 Å². The van der Waals surface area contributed by atoms with Gasteiger partial charge in [0.05, 0.1) is 11.3 Å². The molecule has 36 heavy (non-hydrogen) atoms. The Bertz CT molecular complexity index is 1090. The number of carboxylic acid groups (broad SMARTS) is 1. The van der Waals surface area contributed by atoms with Gasteiger partial charge in [0.15, 0.2) is 6.17 Å². The molecule has 3 N–H and O–H groups in total. The number of aliphatic carboxylic acids is 1. The molecule has 0 saturated carbocycles. The van der Waals surface area contributed by atoms with Crippen molar-refractivity contribution in [1.29, 1.82) is 5.41 Å². The largest absolute Gasteiger partial charge is 0.480 e. The van der Waals surface area contributed by atoms with Gasteiger partial charge in [0.2, 0.25) is 5.96 Å². The standard InChI is InChI=1S/C23H31N5O8/c1-22(2,3)35-20(33)25-19(24)28(21(34)36-23(4,5)6)16-18(32)26(7)14-11-9-8-10-13(14)17(31)27(16)12-15(29)30/h8-11,16H,12H2,1-7H3,(H,29,30)(H2,24,25,33). The Morgan fingerprint density at radius 2 is 1.61 bits per heavy atom. The summed E-state index contributed by atoms with van der Waals surface area (Å²) >= 11 is 0. The number of ether oxygens (including phenoxy) is 2. The van der Waals surface area contributed by atoms with E-state index in [-0.39, 0.29) is 11.3 Å². The summed E-state index contributed by atoms with van der Waals surface area (Å²) in [6.07, 6.45) is -4.37. The fourth-order valence-corrected chi connectivity index (χ4v) is 3.28. The average molecular weight is 506 g/mol. The first kappa shape index (κ1) is 28.1. The van der Waals surface area contributed by atoms with Crippen LogP contribution in [0.4, 0.5) is 15.3 Å². The van der Waals surface area contributed by atoms with E-state index >= 15 is 0 Å². The second-order valence-corrected chi connectivity index (χ2v) is 9.94. The van der Waals surface area contributed by atoms with Crippen molar-refractivity contribution in [2.75, 3.05) is 18.5 Å². The number of amides is 4. The number of likely N-dealkylation sites (N-methyl/N-ethyl adjacent to an activating group) is 1. The van der Waals surface area contributed by atoms with Crippen molar-refractivity contribution in [3.05, 3.63) is 29.8 Å². The molecule has 0 aliphatic carbocycles. The molecule has 0 spiro atoms. The van der Waals surface area contributed by atoms with Gasteiger partial charge in [-0.15, -0.1) is 0 Å². The Kier molecular flexibility index (Phi) is 7.97. The summed E-state index contributed by atoms with van der Waals surface area (Å²) in [5.74, 6) is -4.23. The van der Waals surface area contributed by atoms with E-state index in [2.05, 4.69) is 5.32 Å². The Morgan fingerprint density at radius 1 is 1.06 bits per heavy atom. The van der Waals surface area contributed by atoms with Crippen LogP contribution >= 0.6 is 0 Å². The maximum absolute atomic E-state index is 13.6. The van der Waals surface area contributed by atoms with Crippen molar-refractivity contribution in [2.45, 2.75) is 58.9 Å². The van der Waals surface area contributed by atoms with Crippen LogP contribution in [-0.2, 0) is 19.1 Å². The molecule has 1 aromatic carbocycles. The van der Waals surface area contributed by atoms with Crippen molar-refractivity contribution in [1.82, 2.24) is 15.1 Å². The number of hydrogen-bond donors (Lipinski definition) is 3. The van der Waals surface area contributed by atoms with Crippen molar-refractivity contribution in [3.8, 4) is 0 Å². The highest BCUT2D eigenvalue weighted by Gasteiger charge is 2.47. The van der Waals surface area contributed by atoms with Crippen LogP contribution in [0.15, 0.2) is 24.3 Å². The number of carbonyl (C=O) groups is 5. The lowest BCUT2D eigenvalue weighted by atomic mass is 10.1. The smallest absolute Gasteiger partial charge is 0.419 e. The third kappa shape index (κ3) is 6.71. The minimum Gasteiger partial charge on any atom is -0.480 e. The second-order valence-electron chi connectivity index (χ2n) is 9.94. The molecule has 0 fully saturated rings. The lowest BCUT2D eigenvalue weighted by Crippen LogP contribution is -2.64. The predicted molar refractivity (Wildman–Crippen MR) is 127 cm³/mol. The van der Waals surface area contributed by atoms with Gasteiger partial charge in [-0.2, -0.15) is 0 Å². The highest BCUT2D eigenvalue weighted by Crippen LogP contribution is 2.29. The molecule has 0 saturated heterocycles. The van der Waals surface area contributed by atoms with Crippen LogP contribution < -0.4 is 10.2 Å². The van der Waals surface area contributed by atoms with Crippen molar-refractivity contribution in [2.24, 2.45) is 0 Å². The third-order valence-corrected chi connectivity index (χ3v) is 4.60. The normalized spacial score (nSPS) is 16.0. The minimum absolute atomic E-state index is 0.00729. The molecule has 2 rings (SSSR count). The maximum Gasteiger partial charge on any atom is 0.419 e. The Labute approximate surface area is 208 Å². The summed E-state index contributed by atoms with van der Waals surface area (Å²) < 4.78 is 10.5. The van der Waals surface area contributed by atoms with E-state index in [4.69, 9.17) is 14.9 Å². The van der Waals surface area contributed by atoms with E-state index < -0.39 is 59.8 Å². The number of rotatable bonds is 3. The quantitative estimate of drug-likeness (QED) is 0.415. The van der Waals surface area contributed by atoms with Crippen molar-refractivity contribution in [3.63, 3.8) is 0 Å². The molecule has 0 bridgehead atoms. The zero-order valence-electron chi connectivity index (χ0n) is 21.2. The van der Waals surface area contributed by atoms with E-state index in [1.165, 1.54) is 46.0 Å². The predicted octanol–water partition coefficient (Wildman–Crippen LogP) is 2.21. The first-order valence-corrected chi connectivity index (χ1v) is 10.9. The molecular formula is C23H31N5O8. The van der Waals surface area contributed by atoms with Gasteiger partial charge < -0.3 is 19.5 Å². The van der Waals surface area contributed by atoms with Gasteiger partial charge >= 0.3 is 18.2 Å². The van der Waals surface area contributed by atoms with Crippen LogP contribution in [0.25, 0.3) is 0 Å². The number of carbonyl (C=O) groups excluding carboxylic acids is 4. The molecule has 1 heterocycles.